The minimum atomic E-state index is 0.310. The Labute approximate surface area is 52.2 Å². The molecule has 0 fully saturated rings. The van der Waals surface area contributed by atoms with Gasteiger partial charge < -0.3 is 0 Å². The van der Waals surface area contributed by atoms with Gasteiger partial charge in [-0.15, -0.1) is 6.58 Å². The average molecular weight is 167 g/mol. The Bertz CT molecular complexity index is 44.8. The van der Waals surface area contributed by atoms with E-state index < -0.39 is 0 Å². The molecule has 0 radical (unpaired) electrons. The van der Waals surface area contributed by atoms with E-state index in [2.05, 4.69) is 35.1 Å². The summed E-state index contributed by atoms with van der Waals surface area (Å²) in [7, 11) is 0. The van der Waals surface area contributed by atoms with Crippen LogP contribution in [-0.4, -0.2) is 10.6 Å². The van der Waals surface area contributed by atoms with Crippen LogP contribution in [-0.2, 0) is 0 Å². The SMILES string of the molecule is C=CC(S)CBr. The maximum atomic E-state index is 4.07. The number of halogens is 1. The first-order valence-electron chi connectivity index (χ1n) is 1.68. The summed E-state index contributed by atoms with van der Waals surface area (Å²) >= 11 is 7.29. The number of hydrogen-bond donors (Lipinski definition) is 1. The van der Waals surface area contributed by atoms with Crippen molar-refractivity contribution in [3.05, 3.63) is 12.7 Å². The molecule has 0 N–H and O–H groups in total. The molecule has 0 aromatic rings. The van der Waals surface area contributed by atoms with Crippen LogP contribution in [0.25, 0.3) is 0 Å². The lowest BCUT2D eigenvalue weighted by atomic mass is 10.5. The zero-order valence-corrected chi connectivity index (χ0v) is 5.87. The predicted molar refractivity (Wildman–Crippen MR) is 36.8 cm³/mol. The van der Waals surface area contributed by atoms with Crippen LogP contribution < -0.4 is 0 Å². The quantitative estimate of drug-likeness (QED) is 0.362. The van der Waals surface area contributed by atoms with Gasteiger partial charge in [-0.1, -0.05) is 22.0 Å². The molecule has 0 spiro atoms. The van der Waals surface area contributed by atoms with E-state index in [0.717, 1.165) is 5.33 Å². The van der Waals surface area contributed by atoms with Crippen molar-refractivity contribution in [2.24, 2.45) is 0 Å². The van der Waals surface area contributed by atoms with Gasteiger partial charge >= 0.3 is 0 Å². The number of hydrogen-bond acceptors (Lipinski definition) is 1. The molecule has 0 saturated carbocycles. The van der Waals surface area contributed by atoms with E-state index in [1.54, 1.807) is 6.08 Å². The van der Waals surface area contributed by atoms with Crippen molar-refractivity contribution in [1.29, 1.82) is 0 Å². The van der Waals surface area contributed by atoms with Gasteiger partial charge in [0.25, 0.3) is 0 Å². The average Bonchev–Trinajstić information content (AvgIpc) is 1.65. The Balaban J connectivity index is 2.96. The van der Waals surface area contributed by atoms with Gasteiger partial charge in [-0.05, 0) is 0 Å². The number of alkyl halides is 1. The summed E-state index contributed by atoms with van der Waals surface area (Å²) in [5.41, 5.74) is 0. The number of rotatable bonds is 2. The molecule has 0 aromatic heterocycles. The second kappa shape index (κ2) is 3.75. The Morgan fingerprint density at radius 2 is 2.50 bits per heavy atom. The maximum absolute atomic E-state index is 4.07. The van der Waals surface area contributed by atoms with E-state index in [9.17, 15) is 0 Å². The van der Waals surface area contributed by atoms with E-state index in [1.807, 2.05) is 0 Å². The van der Waals surface area contributed by atoms with Crippen molar-refractivity contribution in [3.8, 4) is 0 Å². The van der Waals surface area contributed by atoms with Gasteiger partial charge in [0.15, 0.2) is 0 Å². The van der Waals surface area contributed by atoms with Crippen LogP contribution in [0.15, 0.2) is 12.7 Å². The Hall–Kier alpha value is 0.570. The first-order chi connectivity index (χ1) is 2.81. The summed E-state index contributed by atoms with van der Waals surface area (Å²) in [6.07, 6.45) is 1.79. The van der Waals surface area contributed by atoms with Crippen LogP contribution in [0, 0.1) is 0 Å². The molecule has 0 nitrogen and oxygen atoms in total. The third-order valence-electron chi connectivity index (χ3n) is 0.430. The summed E-state index contributed by atoms with van der Waals surface area (Å²) in [5, 5.41) is 1.20. The Morgan fingerprint density at radius 1 is 2.00 bits per heavy atom. The van der Waals surface area contributed by atoms with Gasteiger partial charge in [0, 0.05) is 10.6 Å². The van der Waals surface area contributed by atoms with Gasteiger partial charge in [-0.2, -0.15) is 12.6 Å². The molecule has 0 heterocycles. The van der Waals surface area contributed by atoms with Crippen molar-refractivity contribution < 1.29 is 0 Å². The molecule has 1 unspecified atom stereocenters. The first kappa shape index (κ1) is 6.57. The van der Waals surface area contributed by atoms with Crippen molar-refractivity contribution in [3.63, 3.8) is 0 Å². The standard InChI is InChI=1S/C4H7BrS/c1-2-4(6)3-5/h2,4,6H,1,3H2. The molecule has 6 heavy (non-hydrogen) atoms. The van der Waals surface area contributed by atoms with Crippen LogP contribution in [0.2, 0.25) is 0 Å². The predicted octanol–water partition coefficient (Wildman–Crippen LogP) is 1.87. The molecule has 0 aromatic carbocycles. The third-order valence-corrected chi connectivity index (χ3v) is 2.02. The highest BCUT2D eigenvalue weighted by molar-refractivity contribution is 9.09. The normalized spacial score (nSPS) is 13.7. The van der Waals surface area contributed by atoms with E-state index in [0.29, 0.717) is 5.25 Å². The van der Waals surface area contributed by atoms with Crippen molar-refractivity contribution >= 4 is 28.6 Å². The fraction of sp³-hybridized carbons (Fsp3) is 0.500. The summed E-state index contributed by atoms with van der Waals surface area (Å²) in [5.74, 6) is 0. The van der Waals surface area contributed by atoms with E-state index in [4.69, 9.17) is 0 Å². The van der Waals surface area contributed by atoms with Crippen LogP contribution in [0.3, 0.4) is 0 Å². The fourth-order valence-electron chi connectivity index (χ4n) is 0.0630. The van der Waals surface area contributed by atoms with Crippen LogP contribution >= 0.6 is 28.6 Å². The van der Waals surface area contributed by atoms with E-state index in [-0.39, 0.29) is 0 Å². The monoisotopic (exact) mass is 166 g/mol. The smallest absolute Gasteiger partial charge is 0.0291 e. The fourth-order valence-corrected chi connectivity index (χ4v) is 0.327. The van der Waals surface area contributed by atoms with E-state index >= 15 is 0 Å². The largest absolute Gasteiger partial charge is 0.171 e. The van der Waals surface area contributed by atoms with Crippen molar-refractivity contribution in [2.75, 3.05) is 5.33 Å². The van der Waals surface area contributed by atoms with Crippen molar-refractivity contribution in [1.82, 2.24) is 0 Å². The minimum absolute atomic E-state index is 0.310. The molecule has 1 atom stereocenters. The van der Waals surface area contributed by atoms with Crippen LogP contribution in [0.4, 0.5) is 0 Å². The van der Waals surface area contributed by atoms with Gasteiger partial charge in [0.1, 0.15) is 0 Å². The molecule has 0 saturated heterocycles. The molecular formula is C4H7BrS. The molecule has 0 aliphatic carbocycles. The topological polar surface area (TPSA) is 0 Å². The highest BCUT2D eigenvalue weighted by atomic mass is 79.9. The van der Waals surface area contributed by atoms with Crippen LogP contribution in [0.5, 0.6) is 0 Å². The summed E-state index contributed by atoms with van der Waals surface area (Å²) in [4.78, 5) is 0. The Kier molecular flexibility index (Phi) is 4.11. The van der Waals surface area contributed by atoms with Crippen molar-refractivity contribution in [2.45, 2.75) is 5.25 Å². The summed E-state index contributed by atoms with van der Waals surface area (Å²) in [6.45, 7) is 3.53. The van der Waals surface area contributed by atoms with Gasteiger partial charge in [0.2, 0.25) is 0 Å². The number of thiol groups is 1. The molecule has 0 rings (SSSR count). The summed E-state index contributed by atoms with van der Waals surface area (Å²) in [6, 6.07) is 0. The highest BCUT2D eigenvalue weighted by Crippen LogP contribution is 1.98. The molecule has 0 bridgehead atoms. The molecular weight excluding hydrogens is 160 g/mol. The first-order valence-corrected chi connectivity index (χ1v) is 3.31. The second-order valence-corrected chi connectivity index (χ2v) is 2.27. The van der Waals surface area contributed by atoms with Gasteiger partial charge in [-0.3, -0.25) is 0 Å². The second-order valence-electron chi connectivity index (χ2n) is 0.957. The molecule has 0 aliphatic rings. The highest BCUT2D eigenvalue weighted by Gasteiger charge is 1.87. The van der Waals surface area contributed by atoms with Gasteiger partial charge in [-0.25, -0.2) is 0 Å². The molecule has 2 heteroatoms. The van der Waals surface area contributed by atoms with E-state index in [1.165, 1.54) is 0 Å². The molecule has 0 amide bonds. The Morgan fingerprint density at radius 3 is 2.50 bits per heavy atom. The lowest BCUT2D eigenvalue weighted by Gasteiger charge is -1.91. The maximum Gasteiger partial charge on any atom is 0.0291 e. The van der Waals surface area contributed by atoms with Gasteiger partial charge in [0.05, 0.1) is 0 Å². The van der Waals surface area contributed by atoms with Crippen LogP contribution in [0.1, 0.15) is 0 Å². The lowest BCUT2D eigenvalue weighted by molar-refractivity contribution is 1.31. The zero-order chi connectivity index (χ0) is 4.99. The molecule has 36 valence electrons. The molecule has 0 aliphatic heterocycles. The third kappa shape index (κ3) is 2.79. The minimum Gasteiger partial charge on any atom is -0.171 e. The summed E-state index contributed by atoms with van der Waals surface area (Å²) < 4.78 is 0. The zero-order valence-electron chi connectivity index (χ0n) is 3.39. The lowest BCUT2D eigenvalue weighted by Crippen LogP contribution is -1.90.